The average molecular weight is 287 g/mol. The predicted octanol–water partition coefficient (Wildman–Crippen LogP) is 2.46. The topological polar surface area (TPSA) is 9.72 Å². The van der Waals surface area contributed by atoms with Crippen molar-refractivity contribution in [2.75, 3.05) is 57.8 Å². The van der Waals surface area contributed by atoms with Crippen LogP contribution in [-0.4, -0.2) is 62.7 Å². The fraction of sp³-hybridized carbons (Fsp3) is 0.667. The van der Waals surface area contributed by atoms with Gasteiger partial charge in [-0.15, -0.1) is 0 Å². The Labute approximate surface area is 129 Å². The molecule has 21 heavy (non-hydrogen) atoms. The number of piperazine rings is 1. The third-order valence-electron chi connectivity index (χ3n) is 5.09. The summed E-state index contributed by atoms with van der Waals surface area (Å²) < 4.78 is 0. The average Bonchev–Trinajstić information content (AvgIpc) is 2.50. The highest BCUT2D eigenvalue weighted by Crippen LogP contribution is 2.24. The van der Waals surface area contributed by atoms with Crippen molar-refractivity contribution in [2.45, 2.75) is 19.8 Å². The van der Waals surface area contributed by atoms with E-state index in [0.717, 1.165) is 5.92 Å². The number of likely N-dealkylation sites (N-methyl/N-ethyl adjacent to an activating group) is 1. The molecule has 1 aromatic rings. The van der Waals surface area contributed by atoms with E-state index in [1.807, 2.05) is 0 Å². The summed E-state index contributed by atoms with van der Waals surface area (Å²) in [5, 5.41) is 0. The Morgan fingerprint density at radius 1 is 1.00 bits per heavy atom. The van der Waals surface area contributed by atoms with Crippen molar-refractivity contribution in [3.05, 3.63) is 29.8 Å². The summed E-state index contributed by atoms with van der Waals surface area (Å²) in [7, 11) is 2.23. The first-order valence-corrected chi connectivity index (χ1v) is 8.43. The van der Waals surface area contributed by atoms with Crippen molar-refractivity contribution >= 4 is 5.69 Å². The second-order valence-electron chi connectivity index (χ2n) is 6.87. The molecule has 3 nitrogen and oxygen atoms in total. The minimum Gasteiger partial charge on any atom is -0.372 e. The molecule has 0 aliphatic carbocycles. The van der Waals surface area contributed by atoms with E-state index in [4.69, 9.17) is 0 Å². The molecule has 3 heteroatoms. The number of aryl methyl sites for hydroxylation is 1. The number of rotatable bonds is 3. The third-order valence-corrected chi connectivity index (χ3v) is 5.09. The van der Waals surface area contributed by atoms with Crippen LogP contribution in [0.2, 0.25) is 0 Å². The van der Waals surface area contributed by atoms with Crippen LogP contribution in [0.3, 0.4) is 0 Å². The minimum atomic E-state index is 0.898. The molecule has 2 fully saturated rings. The van der Waals surface area contributed by atoms with E-state index in [1.165, 1.54) is 69.9 Å². The standard InChI is InChI=1S/C18H29N3/c1-16-4-3-5-18(14-16)21-8-6-17(7-9-21)15-20-12-10-19(2)11-13-20/h3-5,14,17H,6-13,15H2,1-2H3. The van der Waals surface area contributed by atoms with E-state index >= 15 is 0 Å². The van der Waals surface area contributed by atoms with Gasteiger partial charge in [-0.05, 0) is 50.4 Å². The number of hydrogen-bond donors (Lipinski definition) is 0. The van der Waals surface area contributed by atoms with Crippen molar-refractivity contribution < 1.29 is 0 Å². The highest BCUT2D eigenvalue weighted by Gasteiger charge is 2.23. The van der Waals surface area contributed by atoms with Crippen LogP contribution in [0.25, 0.3) is 0 Å². The van der Waals surface area contributed by atoms with Gasteiger partial charge >= 0.3 is 0 Å². The van der Waals surface area contributed by atoms with Crippen molar-refractivity contribution in [1.82, 2.24) is 9.80 Å². The van der Waals surface area contributed by atoms with E-state index in [1.54, 1.807) is 0 Å². The third kappa shape index (κ3) is 3.98. The second-order valence-corrected chi connectivity index (χ2v) is 6.87. The molecule has 0 radical (unpaired) electrons. The Balaban J connectivity index is 1.47. The van der Waals surface area contributed by atoms with Crippen LogP contribution in [0.1, 0.15) is 18.4 Å². The summed E-state index contributed by atoms with van der Waals surface area (Å²) in [6.07, 6.45) is 2.70. The normalized spacial score (nSPS) is 22.7. The number of benzene rings is 1. The van der Waals surface area contributed by atoms with Crippen LogP contribution in [-0.2, 0) is 0 Å². The monoisotopic (exact) mass is 287 g/mol. The molecule has 0 N–H and O–H groups in total. The molecule has 2 heterocycles. The Kier molecular flexibility index (Phi) is 4.81. The van der Waals surface area contributed by atoms with Crippen molar-refractivity contribution in [2.24, 2.45) is 5.92 Å². The molecular weight excluding hydrogens is 258 g/mol. The first-order chi connectivity index (χ1) is 10.2. The first kappa shape index (κ1) is 14.9. The summed E-state index contributed by atoms with van der Waals surface area (Å²) in [5.74, 6) is 0.898. The zero-order chi connectivity index (χ0) is 14.7. The number of piperidine rings is 1. The van der Waals surface area contributed by atoms with Crippen LogP contribution in [0.15, 0.2) is 24.3 Å². The van der Waals surface area contributed by atoms with Gasteiger partial charge in [0.25, 0.3) is 0 Å². The molecule has 0 bridgehead atoms. The van der Waals surface area contributed by atoms with Crippen LogP contribution in [0, 0.1) is 12.8 Å². The molecule has 0 spiro atoms. The maximum absolute atomic E-state index is 2.67. The molecule has 2 saturated heterocycles. The van der Waals surface area contributed by atoms with Crippen LogP contribution < -0.4 is 4.90 Å². The van der Waals surface area contributed by atoms with Gasteiger partial charge in [0.15, 0.2) is 0 Å². The van der Waals surface area contributed by atoms with E-state index in [0.29, 0.717) is 0 Å². The number of hydrogen-bond acceptors (Lipinski definition) is 3. The molecular formula is C18H29N3. The van der Waals surface area contributed by atoms with Crippen molar-refractivity contribution in [3.63, 3.8) is 0 Å². The zero-order valence-corrected chi connectivity index (χ0v) is 13.6. The van der Waals surface area contributed by atoms with Gasteiger partial charge in [0.05, 0.1) is 0 Å². The molecule has 1 aromatic carbocycles. The summed E-state index contributed by atoms with van der Waals surface area (Å²) in [4.78, 5) is 7.68. The Morgan fingerprint density at radius 2 is 1.71 bits per heavy atom. The number of nitrogens with zero attached hydrogens (tertiary/aromatic N) is 3. The van der Waals surface area contributed by atoms with E-state index in [-0.39, 0.29) is 0 Å². The smallest absolute Gasteiger partial charge is 0.0368 e. The van der Waals surface area contributed by atoms with Gasteiger partial charge in [0, 0.05) is 51.5 Å². The van der Waals surface area contributed by atoms with Crippen LogP contribution in [0.4, 0.5) is 5.69 Å². The molecule has 0 saturated carbocycles. The highest BCUT2D eigenvalue weighted by molar-refractivity contribution is 5.48. The highest BCUT2D eigenvalue weighted by atomic mass is 15.2. The fourth-order valence-corrected chi connectivity index (χ4v) is 3.59. The van der Waals surface area contributed by atoms with Crippen LogP contribution >= 0.6 is 0 Å². The first-order valence-electron chi connectivity index (χ1n) is 8.43. The summed E-state index contributed by atoms with van der Waals surface area (Å²) in [6, 6.07) is 8.94. The molecule has 0 atom stereocenters. The molecule has 0 amide bonds. The lowest BCUT2D eigenvalue weighted by Gasteiger charge is -2.38. The van der Waals surface area contributed by atoms with Gasteiger partial charge < -0.3 is 14.7 Å². The van der Waals surface area contributed by atoms with Crippen molar-refractivity contribution in [1.29, 1.82) is 0 Å². The van der Waals surface area contributed by atoms with E-state index < -0.39 is 0 Å². The van der Waals surface area contributed by atoms with Crippen molar-refractivity contribution in [3.8, 4) is 0 Å². The SMILES string of the molecule is Cc1cccc(N2CCC(CN3CCN(C)CC3)CC2)c1. The molecule has 3 rings (SSSR count). The largest absolute Gasteiger partial charge is 0.372 e. The quantitative estimate of drug-likeness (QED) is 0.845. The van der Waals surface area contributed by atoms with Gasteiger partial charge in [0.1, 0.15) is 0 Å². The Bertz CT molecular complexity index is 444. The summed E-state index contributed by atoms with van der Waals surface area (Å²) >= 11 is 0. The van der Waals surface area contributed by atoms with E-state index in [9.17, 15) is 0 Å². The zero-order valence-electron chi connectivity index (χ0n) is 13.6. The van der Waals surface area contributed by atoms with Gasteiger partial charge in [-0.25, -0.2) is 0 Å². The lowest BCUT2D eigenvalue weighted by Crippen LogP contribution is -2.47. The van der Waals surface area contributed by atoms with Crippen LogP contribution in [0.5, 0.6) is 0 Å². The molecule has 2 aliphatic rings. The molecule has 2 aliphatic heterocycles. The fourth-order valence-electron chi connectivity index (χ4n) is 3.59. The molecule has 116 valence electrons. The molecule has 0 aromatic heterocycles. The summed E-state index contributed by atoms with van der Waals surface area (Å²) in [6.45, 7) is 10.9. The maximum atomic E-state index is 2.67. The van der Waals surface area contributed by atoms with Gasteiger partial charge in [-0.2, -0.15) is 0 Å². The summed E-state index contributed by atoms with van der Waals surface area (Å²) in [5.41, 5.74) is 2.78. The maximum Gasteiger partial charge on any atom is 0.0368 e. The van der Waals surface area contributed by atoms with Gasteiger partial charge in [-0.3, -0.25) is 0 Å². The minimum absolute atomic E-state index is 0.898. The van der Waals surface area contributed by atoms with Gasteiger partial charge in [-0.1, -0.05) is 12.1 Å². The lowest BCUT2D eigenvalue weighted by atomic mass is 9.95. The predicted molar refractivity (Wildman–Crippen MR) is 90.1 cm³/mol. The number of anilines is 1. The van der Waals surface area contributed by atoms with Gasteiger partial charge in [0.2, 0.25) is 0 Å². The lowest BCUT2D eigenvalue weighted by molar-refractivity contribution is 0.129. The Morgan fingerprint density at radius 3 is 2.38 bits per heavy atom. The van der Waals surface area contributed by atoms with E-state index in [2.05, 4.69) is 52.9 Å². The second kappa shape index (κ2) is 6.80. The Hall–Kier alpha value is -1.06. The molecule has 0 unspecified atom stereocenters.